The molecule has 0 aromatic carbocycles. The molecule has 6 nitrogen and oxygen atoms in total. The summed E-state index contributed by atoms with van der Waals surface area (Å²) in [6.07, 6.45) is 5.52. The Balaban J connectivity index is 1.90. The van der Waals surface area contributed by atoms with Gasteiger partial charge >= 0.3 is 0 Å². The molecule has 1 fully saturated rings. The van der Waals surface area contributed by atoms with Crippen LogP contribution in [0.2, 0.25) is 0 Å². The molecule has 7 heteroatoms. The number of hydrogen-bond acceptors (Lipinski definition) is 5. The monoisotopic (exact) mass is 310 g/mol. The Morgan fingerprint density at radius 1 is 1.43 bits per heavy atom. The zero-order valence-electron chi connectivity index (χ0n) is 12.2. The SMILES string of the molecule is CSC1(/C(N)=N/O)CCN(CCn2ccccc2=O)CC1. The number of rotatable bonds is 5. The Bertz CT molecular complexity index is 550. The van der Waals surface area contributed by atoms with Gasteiger partial charge in [-0.2, -0.15) is 11.8 Å². The molecule has 1 aromatic rings. The Hall–Kier alpha value is -1.47. The van der Waals surface area contributed by atoms with Crippen LogP contribution >= 0.6 is 11.8 Å². The van der Waals surface area contributed by atoms with E-state index in [1.807, 2.05) is 18.5 Å². The minimum absolute atomic E-state index is 0.0321. The van der Waals surface area contributed by atoms with Crippen molar-refractivity contribution >= 4 is 17.6 Å². The normalized spacial score (nSPS) is 19.6. The summed E-state index contributed by atoms with van der Waals surface area (Å²) < 4.78 is 1.47. The molecule has 0 aliphatic carbocycles. The van der Waals surface area contributed by atoms with Crippen molar-refractivity contribution in [1.29, 1.82) is 0 Å². The summed E-state index contributed by atoms with van der Waals surface area (Å²) in [6, 6.07) is 5.20. The quantitative estimate of drug-likeness (QED) is 0.364. The maximum Gasteiger partial charge on any atom is 0.250 e. The molecule has 2 rings (SSSR count). The number of piperidine rings is 1. The molecule has 3 N–H and O–H groups in total. The summed E-state index contributed by atoms with van der Waals surface area (Å²) in [6.45, 7) is 3.30. The van der Waals surface area contributed by atoms with Gasteiger partial charge < -0.3 is 20.4 Å². The zero-order chi connectivity index (χ0) is 15.3. The van der Waals surface area contributed by atoms with Crippen LogP contribution in [0.15, 0.2) is 34.3 Å². The zero-order valence-corrected chi connectivity index (χ0v) is 13.1. The summed E-state index contributed by atoms with van der Waals surface area (Å²) in [5.41, 5.74) is 5.87. The van der Waals surface area contributed by atoms with Crippen molar-refractivity contribution in [3.05, 3.63) is 34.7 Å². The first-order valence-electron chi connectivity index (χ1n) is 7.02. The van der Waals surface area contributed by atoms with Crippen molar-refractivity contribution in [2.75, 3.05) is 25.9 Å². The molecule has 1 aliphatic rings. The van der Waals surface area contributed by atoms with Crippen molar-refractivity contribution in [3.63, 3.8) is 0 Å². The molecular weight excluding hydrogens is 288 g/mol. The molecule has 0 spiro atoms. The lowest BCUT2D eigenvalue weighted by Crippen LogP contribution is -2.50. The molecule has 1 saturated heterocycles. The largest absolute Gasteiger partial charge is 0.409 e. The van der Waals surface area contributed by atoms with E-state index in [-0.39, 0.29) is 10.3 Å². The van der Waals surface area contributed by atoms with Crippen LogP contribution in [0.25, 0.3) is 0 Å². The first-order valence-corrected chi connectivity index (χ1v) is 8.25. The third-order valence-electron chi connectivity index (χ3n) is 4.19. The molecule has 0 unspecified atom stereocenters. The summed E-state index contributed by atoms with van der Waals surface area (Å²) in [5, 5.41) is 12.1. The summed E-state index contributed by atoms with van der Waals surface area (Å²) >= 11 is 1.65. The molecule has 0 saturated carbocycles. The number of amidine groups is 1. The van der Waals surface area contributed by atoms with E-state index < -0.39 is 0 Å². The Labute approximate surface area is 128 Å². The highest BCUT2D eigenvalue weighted by Crippen LogP contribution is 2.34. The van der Waals surface area contributed by atoms with Gasteiger partial charge in [-0.25, -0.2) is 0 Å². The number of hydrogen-bond donors (Lipinski definition) is 2. The number of pyridine rings is 1. The average molecular weight is 310 g/mol. The van der Waals surface area contributed by atoms with Crippen molar-refractivity contribution in [1.82, 2.24) is 9.47 Å². The van der Waals surface area contributed by atoms with Gasteiger partial charge in [-0.3, -0.25) is 4.79 Å². The van der Waals surface area contributed by atoms with Gasteiger partial charge in [0.15, 0.2) is 5.84 Å². The van der Waals surface area contributed by atoms with Gasteiger partial charge in [0.2, 0.25) is 0 Å². The second kappa shape index (κ2) is 7.00. The number of thioether (sulfide) groups is 1. The fraction of sp³-hybridized carbons (Fsp3) is 0.571. The molecule has 0 amide bonds. The molecule has 0 radical (unpaired) electrons. The minimum Gasteiger partial charge on any atom is -0.409 e. The molecule has 116 valence electrons. The van der Waals surface area contributed by atoms with E-state index in [0.717, 1.165) is 32.5 Å². The first kappa shape index (κ1) is 15.9. The molecule has 0 atom stereocenters. The van der Waals surface area contributed by atoms with E-state index in [9.17, 15) is 4.79 Å². The van der Waals surface area contributed by atoms with Crippen LogP contribution in [-0.2, 0) is 6.54 Å². The van der Waals surface area contributed by atoms with Crippen molar-refractivity contribution in [3.8, 4) is 0 Å². The predicted molar refractivity (Wildman–Crippen MR) is 86.0 cm³/mol. The lowest BCUT2D eigenvalue weighted by molar-refractivity contribution is 0.209. The second-order valence-corrected chi connectivity index (χ2v) is 6.45. The molecular formula is C14H22N4O2S. The van der Waals surface area contributed by atoms with Crippen LogP contribution < -0.4 is 11.3 Å². The highest BCUT2D eigenvalue weighted by molar-refractivity contribution is 8.00. The van der Waals surface area contributed by atoms with Crippen LogP contribution in [0.5, 0.6) is 0 Å². The fourth-order valence-corrected chi connectivity index (χ4v) is 3.53. The van der Waals surface area contributed by atoms with E-state index in [1.54, 1.807) is 28.5 Å². The van der Waals surface area contributed by atoms with Crippen LogP contribution in [0.3, 0.4) is 0 Å². The highest BCUT2D eigenvalue weighted by Gasteiger charge is 2.37. The lowest BCUT2D eigenvalue weighted by Gasteiger charge is -2.39. The third-order valence-corrected chi connectivity index (χ3v) is 5.58. The second-order valence-electron chi connectivity index (χ2n) is 5.26. The Kier molecular flexibility index (Phi) is 5.30. The van der Waals surface area contributed by atoms with Crippen LogP contribution in [0.1, 0.15) is 12.8 Å². The highest BCUT2D eigenvalue weighted by atomic mass is 32.2. The van der Waals surface area contributed by atoms with Gasteiger partial charge in [0, 0.05) is 25.4 Å². The van der Waals surface area contributed by atoms with E-state index in [2.05, 4.69) is 10.1 Å². The van der Waals surface area contributed by atoms with Crippen molar-refractivity contribution in [2.24, 2.45) is 10.9 Å². The summed E-state index contributed by atoms with van der Waals surface area (Å²) in [4.78, 5) is 14.0. The smallest absolute Gasteiger partial charge is 0.250 e. The maximum atomic E-state index is 11.7. The molecule has 21 heavy (non-hydrogen) atoms. The number of nitrogens with two attached hydrogens (primary N) is 1. The standard InChI is InChI=1S/C14H22N4O2S/c1-21-14(13(15)16-20)5-8-17(9-6-14)10-11-18-7-3-2-4-12(18)19/h2-4,7,20H,5-6,8-11H2,1H3,(H2,15,16). The minimum atomic E-state index is -0.255. The van der Waals surface area contributed by atoms with E-state index >= 15 is 0 Å². The van der Waals surface area contributed by atoms with Gasteiger partial charge in [-0.15, -0.1) is 0 Å². The van der Waals surface area contributed by atoms with Gasteiger partial charge in [0.05, 0.1) is 4.75 Å². The van der Waals surface area contributed by atoms with E-state index in [0.29, 0.717) is 12.4 Å². The van der Waals surface area contributed by atoms with Gasteiger partial charge in [-0.1, -0.05) is 11.2 Å². The van der Waals surface area contributed by atoms with Crippen LogP contribution in [0, 0.1) is 0 Å². The molecule has 1 aliphatic heterocycles. The molecule has 2 heterocycles. The summed E-state index contributed by atoms with van der Waals surface area (Å²) in [7, 11) is 0. The average Bonchev–Trinajstić information content (AvgIpc) is 2.54. The Morgan fingerprint density at radius 3 is 2.71 bits per heavy atom. The van der Waals surface area contributed by atoms with Crippen molar-refractivity contribution in [2.45, 2.75) is 24.1 Å². The van der Waals surface area contributed by atoms with Crippen LogP contribution in [0.4, 0.5) is 0 Å². The topological polar surface area (TPSA) is 83.8 Å². The third kappa shape index (κ3) is 3.59. The van der Waals surface area contributed by atoms with Crippen LogP contribution in [-0.4, -0.2) is 51.1 Å². The van der Waals surface area contributed by atoms with Crippen molar-refractivity contribution < 1.29 is 5.21 Å². The van der Waals surface area contributed by atoms with Gasteiger partial charge in [0.25, 0.3) is 5.56 Å². The van der Waals surface area contributed by atoms with Gasteiger partial charge in [-0.05, 0) is 38.3 Å². The first-order chi connectivity index (χ1) is 10.1. The van der Waals surface area contributed by atoms with E-state index in [4.69, 9.17) is 10.9 Å². The number of oxime groups is 1. The number of nitrogens with zero attached hydrogens (tertiary/aromatic N) is 3. The number of likely N-dealkylation sites (tertiary alicyclic amines) is 1. The molecule has 1 aromatic heterocycles. The maximum absolute atomic E-state index is 11.7. The summed E-state index contributed by atoms with van der Waals surface area (Å²) in [5.74, 6) is 0.314. The fourth-order valence-electron chi connectivity index (χ4n) is 2.69. The van der Waals surface area contributed by atoms with E-state index in [1.165, 1.54) is 0 Å². The number of aromatic nitrogens is 1. The van der Waals surface area contributed by atoms with Gasteiger partial charge in [0.1, 0.15) is 0 Å². The Morgan fingerprint density at radius 2 is 2.14 bits per heavy atom. The predicted octanol–water partition coefficient (Wildman–Crippen LogP) is 0.792. The molecule has 0 bridgehead atoms. The lowest BCUT2D eigenvalue weighted by atomic mass is 9.94.